The van der Waals surface area contributed by atoms with Crippen molar-refractivity contribution in [2.75, 3.05) is 0 Å². The van der Waals surface area contributed by atoms with Crippen molar-refractivity contribution >= 4 is 5.91 Å². The van der Waals surface area contributed by atoms with Crippen molar-refractivity contribution in [2.24, 2.45) is 0 Å². The Morgan fingerprint density at radius 2 is 1.88 bits per heavy atom. The smallest absolute Gasteiger partial charge is 0.347 e. The number of halogens is 3. The van der Waals surface area contributed by atoms with E-state index in [-0.39, 0.29) is 11.4 Å². The van der Waals surface area contributed by atoms with E-state index in [1.165, 1.54) is 29.2 Å². The van der Waals surface area contributed by atoms with Crippen LogP contribution in [0.2, 0.25) is 0 Å². The fourth-order valence-corrected chi connectivity index (χ4v) is 2.40. The highest BCUT2D eigenvalue weighted by Gasteiger charge is 2.30. The summed E-state index contributed by atoms with van der Waals surface area (Å²) in [6, 6.07) is 12.6. The van der Waals surface area contributed by atoms with Crippen molar-refractivity contribution in [3.8, 4) is 5.69 Å². The van der Waals surface area contributed by atoms with Gasteiger partial charge >= 0.3 is 6.18 Å². The molecule has 4 nitrogen and oxygen atoms in total. The third-order valence-corrected chi connectivity index (χ3v) is 3.86. The van der Waals surface area contributed by atoms with Crippen LogP contribution in [0.5, 0.6) is 0 Å². The predicted octanol–water partition coefficient (Wildman–Crippen LogP) is 4.13. The first-order chi connectivity index (χ1) is 12.3. The number of aryl methyl sites for hydroxylation is 1. The lowest BCUT2D eigenvalue weighted by molar-refractivity contribution is -0.137. The molecular formula is C19H16F3N3O. The zero-order valence-electron chi connectivity index (χ0n) is 13.9. The molecule has 3 rings (SSSR count). The van der Waals surface area contributed by atoms with E-state index in [1.807, 2.05) is 31.2 Å². The first kappa shape index (κ1) is 17.7. The number of benzene rings is 2. The number of alkyl halides is 3. The molecule has 0 atom stereocenters. The molecule has 3 aromatic rings. The molecule has 1 N–H and O–H groups in total. The second kappa shape index (κ2) is 7.03. The normalized spacial score (nSPS) is 11.4. The van der Waals surface area contributed by atoms with Gasteiger partial charge in [0.15, 0.2) is 0 Å². The van der Waals surface area contributed by atoms with Crippen LogP contribution >= 0.6 is 0 Å². The van der Waals surface area contributed by atoms with Gasteiger partial charge in [0, 0.05) is 18.4 Å². The minimum atomic E-state index is -4.43. The highest BCUT2D eigenvalue weighted by Crippen LogP contribution is 2.30. The van der Waals surface area contributed by atoms with E-state index in [1.54, 1.807) is 0 Å². The lowest BCUT2D eigenvalue weighted by atomic mass is 10.1. The van der Waals surface area contributed by atoms with Crippen molar-refractivity contribution < 1.29 is 18.0 Å². The maximum Gasteiger partial charge on any atom is 0.416 e. The SMILES string of the molecule is Cc1ccc(CNC(=O)c2cn(-c3cccc(C(F)(F)F)c3)cn2)cc1. The van der Waals surface area contributed by atoms with E-state index in [4.69, 9.17) is 0 Å². The van der Waals surface area contributed by atoms with Gasteiger partial charge in [-0.1, -0.05) is 35.9 Å². The first-order valence-corrected chi connectivity index (χ1v) is 7.88. The third-order valence-electron chi connectivity index (χ3n) is 3.86. The number of carbonyl (C=O) groups is 1. The first-order valence-electron chi connectivity index (χ1n) is 7.88. The summed E-state index contributed by atoms with van der Waals surface area (Å²) in [5.41, 5.74) is 1.73. The van der Waals surface area contributed by atoms with Crippen molar-refractivity contribution in [1.82, 2.24) is 14.9 Å². The Balaban J connectivity index is 1.71. The quantitative estimate of drug-likeness (QED) is 0.761. The highest BCUT2D eigenvalue weighted by molar-refractivity contribution is 5.92. The van der Waals surface area contributed by atoms with Crippen LogP contribution in [0.3, 0.4) is 0 Å². The van der Waals surface area contributed by atoms with Crippen LogP contribution < -0.4 is 5.32 Å². The maximum atomic E-state index is 12.8. The summed E-state index contributed by atoms with van der Waals surface area (Å²) in [7, 11) is 0. The monoisotopic (exact) mass is 359 g/mol. The molecule has 0 bridgehead atoms. The van der Waals surface area contributed by atoms with Crippen LogP contribution in [0.25, 0.3) is 5.69 Å². The van der Waals surface area contributed by atoms with Crippen LogP contribution in [0.1, 0.15) is 27.2 Å². The molecular weight excluding hydrogens is 343 g/mol. The number of nitrogens with one attached hydrogen (secondary N) is 1. The lowest BCUT2D eigenvalue weighted by Gasteiger charge is -2.08. The molecule has 0 aliphatic heterocycles. The molecule has 0 aliphatic carbocycles. The standard InChI is InChI=1S/C19H16F3N3O/c1-13-5-7-14(8-6-13)10-23-18(26)17-11-25(12-24-17)16-4-2-3-15(9-16)19(20,21)22/h2-9,11-12H,10H2,1H3,(H,23,26). The average Bonchev–Trinajstić information content (AvgIpc) is 3.11. The van der Waals surface area contributed by atoms with Gasteiger partial charge in [-0.3, -0.25) is 4.79 Å². The Morgan fingerprint density at radius 3 is 2.58 bits per heavy atom. The summed E-state index contributed by atoms with van der Waals surface area (Å²) < 4.78 is 39.8. The van der Waals surface area contributed by atoms with E-state index in [0.29, 0.717) is 6.54 Å². The summed E-state index contributed by atoms with van der Waals surface area (Å²) in [6.07, 6.45) is -1.71. The van der Waals surface area contributed by atoms with Gasteiger partial charge in [-0.25, -0.2) is 4.98 Å². The summed E-state index contributed by atoms with van der Waals surface area (Å²) in [5, 5.41) is 2.74. The van der Waals surface area contributed by atoms with Crippen molar-refractivity contribution in [2.45, 2.75) is 19.6 Å². The van der Waals surface area contributed by atoms with Gasteiger partial charge in [-0.05, 0) is 30.7 Å². The molecule has 0 saturated heterocycles. The lowest BCUT2D eigenvalue weighted by Crippen LogP contribution is -2.23. The van der Waals surface area contributed by atoms with Crippen molar-refractivity contribution in [3.63, 3.8) is 0 Å². The molecule has 0 saturated carbocycles. The Labute approximate surface area is 148 Å². The van der Waals surface area contributed by atoms with E-state index in [2.05, 4.69) is 10.3 Å². The summed E-state index contributed by atoms with van der Waals surface area (Å²) in [6.45, 7) is 2.32. The van der Waals surface area contributed by atoms with Crippen LogP contribution in [-0.4, -0.2) is 15.5 Å². The largest absolute Gasteiger partial charge is 0.416 e. The van der Waals surface area contributed by atoms with Gasteiger partial charge in [-0.2, -0.15) is 13.2 Å². The van der Waals surface area contributed by atoms with E-state index >= 15 is 0 Å². The van der Waals surface area contributed by atoms with Gasteiger partial charge in [0.1, 0.15) is 12.0 Å². The predicted molar refractivity (Wildman–Crippen MR) is 90.9 cm³/mol. The number of carbonyl (C=O) groups excluding carboxylic acids is 1. The van der Waals surface area contributed by atoms with Crippen LogP contribution in [0.15, 0.2) is 61.1 Å². The number of hydrogen-bond acceptors (Lipinski definition) is 2. The zero-order chi connectivity index (χ0) is 18.7. The van der Waals surface area contributed by atoms with Crippen LogP contribution in [0.4, 0.5) is 13.2 Å². The Hall–Kier alpha value is -3.09. The van der Waals surface area contributed by atoms with Gasteiger partial charge in [0.05, 0.1) is 5.56 Å². The molecule has 7 heteroatoms. The Kier molecular flexibility index (Phi) is 4.79. The van der Waals surface area contributed by atoms with Gasteiger partial charge in [0.2, 0.25) is 0 Å². The van der Waals surface area contributed by atoms with Crippen molar-refractivity contribution in [3.05, 3.63) is 83.4 Å². The fourth-order valence-electron chi connectivity index (χ4n) is 2.40. The Morgan fingerprint density at radius 1 is 1.15 bits per heavy atom. The van der Waals surface area contributed by atoms with Crippen LogP contribution in [-0.2, 0) is 12.7 Å². The number of aromatic nitrogens is 2. The topological polar surface area (TPSA) is 46.9 Å². The minimum Gasteiger partial charge on any atom is -0.347 e. The van der Waals surface area contributed by atoms with E-state index < -0.39 is 17.6 Å². The van der Waals surface area contributed by atoms with E-state index in [9.17, 15) is 18.0 Å². The number of imidazole rings is 1. The summed E-state index contributed by atoms with van der Waals surface area (Å²) in [5.74, 6) is -0.392. The van der Waals surface area contributed by atoms with Crippen molar-refractivity contribution in [1.29, 1.82) is 0 Å². The second-order valence-corrected chi connectivity index (χ2v) is 5.88. The molecule has 26 heavy (non-hydrogen) atoms. The molecule has 0 fully saturated rings. The molecule has 1 heterocycles. The average molecular weight is 359 g/mol. The Bertz CT molecular complexity index is 914. The molecule has 1 aromatic heterocycles. The molecule has 1 amide bonds. The third kappa shape index (κ3) is 4.11. The molecule has 0 aliphatic rings. The molecule has 134 valence electrons. The fraction of sp³-hybridized carbons (Fsp3) is 0.158. The summed E-state index contributed by atoms with van der Waals surface area (Å²) in [4.78, 5) is 16.2. The summed E-state index contributed by atoms with van der Waals surface area (Å²) >= 11 is 0. The number of rotatable bonds is 4. The molecule has 0 unspecified atom stereocenters. The highest BCUT2D eigenvalue weighted by atomic mass is 19.4. The van der Waals surface area contributed by atoms with Gasteiger partial charge in [-0.15, -0.1) is 0 Å². The van der Waals surface area contributed by atoms with Gasteiger partial charge in [0.25, 0.3) is 5.91 Å². The molecule has 0 spiro atoms. The number of hydrogen-bond donors (Lipinski definition) is 1. The molecule has 2 aromatic carbocycles. The zero-order valence-corrected chi connectivity index (χ0v) is 13.9. The maximum absolute atomic E-state index is 12.8. The number of nitrogens with zero attached hydrogens (tertiary/aromatic N) is 2. The second-order valence-electron chi connectivity index (χ2n) is 5.88. The molecule has 0 radical (unpaired) electrons. The van der Waals surface area contributed by atoms with Gasteiger partial charge < -0.3 is 9.88 Å². The van der Waals surface area contributed by atoms with Crippen LogP contribution in [0, 0.1) is 6.92 Å². The van der Waals surface area contributed by atoms with E-state index in [0.717, 1.165) is 23.3 Å². The number of amides is 1. The minimum absolute atomic E-state index is 0.134.